The number of hydrogen-bond acceptors (Lipinski definition) is 4. The number of carbonyl (C=O) groups is 1. The smallest absolute Gasteiger partial charge is 0.248 e. The highest BCUT2D eigenvalue weighted by Gasteiger charge is 2.36. The van der Waals surface area contributed by atoms with E-state index in [2.05, 4.69) is 49.3 Å². The van der Waals surface area contributed by atoms with Gasteiger partial charge in [-0.25, -0.2) is 0 Å². The average molecular weight is 348 g/mol. The number of likely N-dealkylation sites (tertiary alicyclic amines) is 1. The molecule has 6 nitrogen and oxygen atoms in total. The molecule has 2 saturated heterocycles. The van der Waals surface area contributed by atoms with Gasteiger partial charge in [0.15, 0.2) is 0 Å². The summed E-state index contributed by atoms with van der Waals surface area (Å²) in [7, 11) is 0. The standard InChI is InChI=1S/C19H32N4O2/c1-6-23-15(5)17(14(4)20-23)11-21-8-7-18-16(9-21)10-22(13(2)3)19(24)12-25-18/h13,16,18H,6-12H2,1-5H3/t16-,18+/m1/s1. The van der Waals surface area contributed by atoms with Crippen LogP contribution in [0, 0.1) is 19.8 Å². The van der Waals surface area contributed by atoms with Crippen molar-refractivity contribution in [3.63, 3.8) is 0 Å². The summed E-state index contributed by atoms with van der Waals surface area (Å²) in [6.07, 6.45) is 1.22. The number of aromatic nitrogens is 2. The van der Waals surface area contributed by atoms with Crippen molar-refractivity contribution >= 4 is 5.91 Å². The van der Waals surface area contributed by atoms with Crippen molar-refractivity contribution < 1.29 is 9.53 Å². The Kier molecular flexibility index (Phi) is 5.49. The van der Waals surface area contributed by atoms with Crippen LogP contribution in [0.5, 0.6) is 0 Å². The maximum atomic E-state index is 12.3. The molecule has 1 aromatic heterocycles. The summed E-state index contributed by atoms with van der Waals surface area (Å²) in [6, 6.07) is 0.234. The molecule has 1 amide bonds. The third kappa shape index (κ3) is 3.75. The lowest BCUT2D eigenvalue weighted by atomic mass is 9.93. The van der Waals surface area contributed by atoms with Crippen molar-refractivity contribution in [2.45, 2.75) is 66.3 Å². The second-order valence-electron chi connectivity index (χ2n) is 7.74. The van der Waals surface area contributed by atoms with Crippen LogP contribution in [-0.2, 0) is 22.6 Å². The molecule has 6 heteroatoms. The second kappa shape index (κ2) is 7.46. The maximum absolute atomic E-state index is 12.3. The zero-order chi connectivity index (χ0) is 18.1. The van der Waals surface area contributed by atoms with Crippen LogP contribution in [0.3, 0.4) is 0 Å². The lowest BCUT2D eigenvalue weighted by molar-refractivity contribution is -0.136. The first-order valence-corrected chi connectivity index (χ1v) is 9.57. The van der Waals surface area contributed by atoms with E-state index >= 15 is 0 Å². The molecular formula is C19H32N4O2. The van der Waals surface area contributed by atoms with Gasteiger partial charge >= 0.3 is 0 Å². The van der Waals surface area contributed by atoms with E-state index in [4.69, 9.17) is 4.74 Å². The molecule has 0 radical (unpaired) electrons. The number of piperidine rings is 1. The molecule has 0 aliphatic carbocycles. The number of amides is 1. The van der Waals surface area contributed by atoms with Gasteiger partial charge in [0.1, 0.15) is 6.61 Å². The fourth-order valence-electron chi connectivity index (χ4n) is 4.23. The number of carbonyl (C=O) groups excluding carboxylic acids is 1. The molecule has 3 rings (SSSR count). The lowest BCUT2D eigenvalue weighted by Crippen LogP contribution is -2.48. The van der Waals surface area contributed by atoms with E-state index < -0.39 is 0 Å². The van der Waals surface area contributed by atoms with E-state index in [9.17, 15) is 4.79 Å². The summed E-state index contributed by atoms with van der Waals surface area (Å²) in [5.74, 6) is 0.524. The van der Waals surface area contributed by atoms with Gasteiger partial charge in [0.05, 0.1) is 11.8 Å². The molecule has 2 atom stereocenters. The molecule has 25 heavy (non-hydrogen) atoms. The Balaban J connectivity index is 1.71. The van der Waals surface area contributed by atoms with E-state index in [0.717, 1.165) is 44.8 Å². The third-order valence-electron chi connectivity index (χ3n) is 5.76. The number of fused-ring (bicyclic) bond motifs is 1. The quantitative estimate of drug-likeness (QED) is 0.835. The highest BCUT2D eigenvalue weighted by molar-refractivity contribution is 5.78. The topological polar surface area (TPSA) is 50.6 Å². The van der Waals surface area contributed by atoms with Crippen LogP contribution in [0.2, 0.25) is 0 Å². The predicted molar refractivity (Wildman–Crippen MR) is 97.3 cm³/mol. The van der Waals surface area contributed by atoms with Gasteiger partial charge < -0.3 is 9.64 Å². The van der Waals surface area contributed by atoms with Crippen molar-refractivity contribution in [1.82, 2.24) is 19.6 Å². The fraction of sp³-hybridized carbons (Fsp3) is 0.789. The summed E-state index contributed by atoms with van der Waals surface area (Å²) in [6.45, 7) is 15.5. The van der Waals surface area contributed by atoms with Gasteiger partial charge in [-0.05, 0) is 41.0 Å². The van der Waals surface area contributed by atoms with E-state index in [-0.39, 0.29) is 24.7 Å². The average Bonchev–Trinajstić information content (AvgIpc) is 2.75. The molecule has 2 aliphatic heterocycles. The van der Waals surface area contributed by atoms with Crippen LogP contribution in [-0.4, -0.2) is 63.9 Å². The minimum Gasteiger partial charge on any atom is -0.368 e. The first-order valence-electron chi connectivity index (χ1n) is 9.57. The Hall–Kier alpha value is -1.40. The van der Waals surface area contributed by atoms with Gasteiger partial charge in [0.2, 0.25) is 5.91 Å². The number of aryl methyl sites for hydroxylation is 2. The summed E-state index contributed by atoms with van der Waals surface area (Å²) in [5, 5.41) is 4.65. The Morgan fingerprint density at radius 2 is 2.04 bits per heavy atom. The monoisotopic (exact) mass is 348 g/mol. The first kappa shape index (κ1) is 18.4. The third-order valence-corrected chi connectivity index (χ3v) is 5.76. The predicted octanol–water partition coefficient (Wildman–Crippen LogP) is 1.98. The summed E-state index contributed by atoms with van der Waals surface area (Å²) in [4.78, 5) is 16.8. The zero-order valence-electron chi connectivity index (χ0n) is 16.3. The number of nitrogens with zero attached hydrogens (tertiary/aromatic N) is 4. The van der Waals surface area contributed by atoms with Crippen LogP contribution < -0.4 is 0 Å². The molecule has 2 aliphatic rings. The molecular weight excluding hydrogens is 316 g/mol. The van der Waals surface area contributed by atoms with Crippen molar-refractivity contribution in [1.29, 1.82) is 0 Å². The fourth-order valence-corrected chi connectivity index (χ4v) is 4.23. The van der Waals surface area contributed by atoms with Crippen molar-refractivity contribution in [2.75, 3.05) is 26.2 Å². The molecule has 1 aromatic rings. The Bertz CT molecular complexity index is 625. The van der Waals surface area contributed by atoms with Crippen molar-refractivity contribution in [2.24, 2.45) is 5.92 Å². The second-order valence-corrected chi connectivity index (χ2v) is 7.74. The van der Waals surface area contributed by atoms with Crippen LogP contribution in [0.1, 0.15) is 44.1 Å². The zero-order valence-corrected chi connectivity index (χ0v) is 16.3. The summed E-state index contributed by atoms with van der Waals surface area (Å²) >= 11 is 0. The van der Waals surface area contributed by atoms with Gasteiger partial charge in [-0.2, -0.15) is 5.10 Å². The van der Waals surface area contributed by atoms with Crippen molar-refractivity contribution in [3.05, 3.63) is 17.0 Å². The Morgan fingerprint density at radius 3 is 2.68 bits per heavy atom. The van der Waals surface area contributed by atoms with Crippen LogP contribution in [0.25, 0.3) is 0 Å². The molecule has 0 spiro atoms. The van der Waals surface area contributed by atoms with Gasteiger partial charge in [-0.1, -0.05) is 0 Å². The SMILES string of the molecule is CCn1nc(C)c(CN2CC[C@@H]3OCC(=O)N(C(C)C)C[C@H]3C2)c1C. The highest BCUT2D eigenvalue weighted by Crippen LogP contribution is 2.27. The maximum Gasteiger partial charge on any atom is 0.248 e. The minimum absolute atomic E-state index is 0.131. The minimum atomic E-state index is 0.131. The molecule has 2 fully saturated rings. The van der Waals surface area contributed by atoms with Crippen LogP contribution in [0.15, 0.2) is 0 Å². The lowest BCUT2D eigenvalue weighted by Gasteiger charge is -2.38. The molecule has 0 unspecified atom stereocenters. The van der Waals surface area contributed by atoms with E-state index in [1.165, 1.54) is 11.3 Å². The van der Waals surface area contributed by atoms with Gasteiger partial charge in [0.25, 0.3) is 0 Å². The summed E-state index contributed by atoms with van der Waals surface area (Å²) in [5.41, 5.74) is 3.77. The van der Waals surface area contributed by atoms with E-state index in [1.54, 1.807) is 0 Å². The Labute approximate surface area is 151 Å². The number of hydrogen-bond donors (Lipinski definition) is 0. The van der Waals surface area contributed by atoms with Crippen LogP contribution >= 0.6 is 0 Å². The van der Waals surface area contributed by atoms with Crippen molar-refractivity contribution in [3.8, 4) is 0 Å². The van der Waals surface area contributed by atoms with Gasteiger partial charge in [-0.3, -0.25) is 14.4 Å². The number of rotatable bonds is 4. The van der Waals surface area contributed by atoms with Crippen LogP contribution in [0.4, 0.5) is 0 Å². The molecule has 140 valence electrons. The normalized spacial score (nSPS) is 25.4. The van der Waals surface area contributed by atoms with E-state index in [0.29, 0.717) is 5.92 Å². The summed E-state index contributed by atoms with van der Waals surface area (Å²) < 4.78 is 8.02. The van der Waals surface area contributed by atoms with E-state index in [1.807, 2.05) is 4.90 Å². The first-order chi connectivity index (χ1) is 11.9. The Morgan fingerprint density at radius 1 is 1.28 bits per heavy atom. The van der Waals surface area contributed by atoms with Gasteiger partial charge in [-0.15, -0.1) is 0 Å². The number of ether oxygens (including phenoxy) is 1. The molecule has 0 bridgehead atoms. The molecule has 0 saturated carbocycles. The highest BCUT2D eigenvalue weighted by atomic mass is 16.5. The molecule has 3 heterocycles. The molecule has 0 aromatic carbocycles. The molecule has 0 N–H and O–H groups in total. The largest absolute Gasteiger partial charge is 0.368 e. The van der Waals surface area contributed by atoms with Gasteiger partial charge in [0, 0.05) is 55.9 Å².